The average molecular weight is 261 g/mol. The van der Waals surface area contributed by atoms with Crippen LogP contribution < -0.4 is 5.56 Å². The summed E-state index contributed by atoms with van der Waals surface area (Å²) in [5, 5.41) is 0.298. The number of halogens is 1. The van der Waals surface area contributed by atoms with E-state index in [1.807, 2.05) is 0 Å². The second kappa shape index (κ2) is 5.02. The highest BCUT2D eigenvalue weighted by molar-refractivity contribution is 7.98. The van der Waals surface area contributed by atoms with E-state index in [2.05, 4.69) is 14.8 Å². The van der Waals surface area contributed by atoms with E-state index < -0.39 is 11.4 Å². The molecule has 90 valence electrons. The van der Waals surface area contributed by atoms with Gasteiger partial charge in [-0.05, 0) is 18.4 Å². The normalized spacial score (nSPS) is 10.1. The molecular formula is C12H8FN3OS. The van der Waals surface area contributed by atoms with Crippen LogP contribution in [0.25, 0.3) is 16.2 Å². The summed E-state index contributed by atoms with van der Waals surface area (Å²) in [6.45, 7) is 6.92. The van der Waals surface area contributed by atoms with Crippen LogP contribution in [-0.4, -0.2) is 16.2 Å². The third-order valence-corrected chi connectivity index (χ3v) is 2.97. The number of thioether (sulfide) groups is 1. The van der Waals surface area contributed by atoms with E-state index in [4.69, 9.17) is 6.57 Å². The molecule has 2 rings (SSSR count). The summed E-state index contributed by atoms with van der Waals surface area (Å²) >= 11 is 1.18. The molecule has 1 N–H and O–H groups in total. The Hall–Kier alpha value is -2.13. The number of hydrogen-bond donors (Lipinski definition) is 1. The van der Waals surface area contributed by atoms with E-state index in [0.717, 1.165) is 0 Å². The minimum Gasteiger partial charge on any atom is -0.316 e. The first kappa shape index (κ1) is 12.3. The maximum absolute atomic E-state index is 13.6. The molecule has 2 aromatic rings. The summed E-state index contributed by atoms with van der Waals surface area (Å²) in [7, 11) is 0. The van der Waals surface area contributed by atoms with Crippen molar-refractivity contribution in [1.29, 1.82) is 0 Å². The Balaban J connectivity index is 2.69. The minimum absolute atomic E-state index is 0.0670. The van der Waals surface area contributed by atoms with Gasteiger partial charge >= 0.3 is 0 Å². The van der Waals surface area contributed by atoms with Gasteiger partial charge in [-0.3, -0.25) is 4.79 Å². The zero-order valence-electron chi connectivity index (χ0n) is 9.40. The Labute approximate surface area is 107 Å². The van der Waals surface area contributed by atoms with Gasteiger partial charge in [-0.15, -0.1) is 11.8 Å². The van der Waals surface area contributed by atoms with Gasteiger partial charge in [-0.1, -0.05) is 12.1 Å². The van der Waals surface area contributed by atoms with Gasteiger partial charge in [-0.2, -0.15) is 0 Å². The third-order valence-electron chi connectivity index (χ3n) is 2.30. The summed E-state index contributed by atoms with van der Waals surface area (Å²) in [4.78, 5) is 21.4. The largest absolute Gasteiger partial charge is 0.316 e. The fraction of sp³-hybridized carbons (Fsp3) is 0.0833. The summed E-state index contributed by atoms with van der Waals surface area (Å²) < 4.78 is 13.6. The monoisotopic (exact) mass is 261 g/mol. The molecule has 18 heavy (non-hydrogen) atoms. The molecule has 0 fully saturated rings. The first-order valence-electron chi connectivity index (χ1n) is 4.98. The Bertz CT molecular complexity index is 690. The van der Waals surface area contributed by atoms with Crippen LogP contribution in [0.2, 0.25) is 0 Å². The Morgan fingerprint density at radius 3 is 2.78 bits per heavy atom. The van der Waals surface area contributed by atoms with Crippen molar-refractivity contribution >= 4 is 17.4 Å². The van der Waals surface area contributed by atoms with Crippen molar-refractivity contribution in [3.8, 4) is 11.4 Å². The van der Waals surface area contributed by atoms with Crippen molar-refractivity contribution in [3.63, 3.8) is 0 Å². The van der Waals surface area contributed by atoms with Crippen LogP contribution in [-0.2, 0) is 0 Å². The molecule has 0 atom stereocenters. The molecule has 6 heteroatoms. The third kappa shape index (κ3) is 2.13. The van der Waals surface area contributed by atoms with Crippen molar-refractivity contribution in [2.75, 3.05) is 6.26 Å². The molecule has 0 spiro atoms. The quantitative estimate of drug-likeness (QED) is 0.514. The molecule has 0 amide bonds. The Morgan fingerprint density at radius 1 is 1.44 bits per heavy atom. The summed E-state index contributed by atoms with van der Waals surface area (Å²) in [6.07, 6.45) is 1.71. The number of H-pyrrole nitrogens is 1. The molecule has 4 nitrogen and oxygen atoms in total. The lowest BCUT2D eigenvalue weighted by Gasteiger charge is -2.05. The fourth-order valence-electron chi connectivity index (χ4n) is 1.47. The lowest BCUT2D eigenvalue weighted by atomic mass is 10.2. The molecule has 0 bridgehead atoms. The molecule has 0 unspecified atom stereocenters. The van der Waals surface area contributed by atoms with Crippen molar-refractivity contribution in [3.05, 3.63) is 51.9 Å². The highest BCUT2D eigenvalue weighted by Gasteiger charge is 2.13. The number of nitrogens with zero attached hydrogens (tertiary/aromatic N) is 2. The predicted molar refractivity (Wildman–Crippen MR) is 68.3 cm³/mol. The van der Waals surface area contributed by atoms with Crippen molar-refractivity contribution in [2.24, 2.45) is 0 Å². The van der Waals surface area contributed by atoms with Gasteiger partial charge in [0.1, 0.15) is 16.7 Å². The van der Waals surface area contributed by atoms with Gasteiger partial charge in [0.15, 0.2) is 0 Å². The number of rotatable bonds is 2. The second-order valence-electron chi connectivity index (χ2n) is 3.36. The van der Waals surface area contributed by atoms with Crippen LogP contribution in [0.5, 0.6) is 0 Å². The molecule has 1 aromatic heterocycles. The van der Waals surface area contributed by atoms with Gasteiger partial charge in [0.25, 0.3) is 11.2 Å². The molecule has 0 radical (unpaired) electrons. The van der Waals surface area contributed by atoms with E-state index in [-0.39, 0.29) is 17.1 Å². The zero-order chi connectivity index (χ0) is 13.1. The van der Waals surface area contributed by atoms with E-state index in [0.29, 0.717) is 5.03 Å². The second-order valence-corrected chi connectivity index (χ2v) is 4.16. The molecule has 0 aliphatic rings. The average Bonchev–Trinajstić information content (AvgIpc) is 2.38. The maximum atomic E-state index is 13.6. The van der Waals surface area contributed by atoms with E-state index in [1.54, 1.807) is 18.4 Å². The Kier molecular flexibility index (Phi) is 3.44. The predicted octanol–water partition coefficient (Wildman–Crippen LogP) is 2.85. The first-order valence-corrected chi connectivity index (χ1v) is 6.20. The van der Waals surface area contributed by atoms with E-state index in [9.17, 15) is 9.18 Å². The number of aromatic amines is 1. The lowest BCUT2D eigenvalue weighted by Crippen LogP contribution is -2.10. The maximum Gasteiger partial charge on any atom is 0.281 e. The standard InChI is InChI=1S/C12H8FN3OS/c1-14-9-11(17)15-10(16-12(9)18-2)7-5-3-4-6-8(7)13/h3-6H,2H3,(H,15,16,17). The Morgan fingerprint density at radius 2 is 2.17 bits per heavy atom. The van der Waals surface area contributed by atoms with Crippen molar-refractivity contribution in [2.45, 2.75) is 5.03 Å². The van der Waals surface area contributed by atoms with Crippen LogP contribution >= 0.6 is 11.8 Å². The van der Waals surface area contributed by atoms with Gasteiger partial charge in [0.05, 0.1) is 12.1 Å². The van der Waals surface area contributed by atoms with E-state index in [1.165, 1.54) is 23.9 Å². The number of hydrogen-bond acceptors (Lipinski definition) is 3. The van der Waals surface area contributed by atoms with Gasteiger partial charge < -0.3 is 4.98 Å². The van der Waals surface area contributed by atoms with Crippen LogP contribution in [0.3, 0.4) is 0 Å². The van der Waals surface area contributed by atoms with Gasteiger partial charge in [0.2, 0.25) is 0 Å². The van der Waals surface area contributed by atoms with E-state index >= 15 is 0 Å². The zero-order valence-corrected chi connectivity index (χ0v) is 10.2. The van der Waals surface area contributed by atoms with Gasteiger partial charge in [-0.25, -0.2) is 14.2 Å². The van der Waals surface area contributed by atoms with Crippen LogP contribution in [0, 0.1) is 12.4 Å². The fourth-order valence-corrected chi connectivity index (χ4v) is 1.98. The highest BCUT2D eigenvalue weighted by atomic mass is 32.2. The van der Waals surface area contributed by atoms with Gasteiger partial charge in [0, 0.05) is 0 Å². The topological polar surface area (TPSA) is 50.1 Å². The lowest BCUT2D eigenvalue weighted by molar-refractivity contribution is 0.629. The smallest absolute Gasteiger partial charge is 0.281 e. The highest BCUT2D eigenvalue weighted by Crippen LogP contribution is 2.25. The first-order chi connectivity index (χ1) is 8.67. The summed E-state index contributed by atoms with van der Waals surface area (Å²) in [5.41, 5.74) is -0.411. The summed E-state index contributed by atoms with van der Waals surface area (Å²) in [5.74, 6) is -0.335. The van der Waals surface area contributed by atoms with Crippen molar-refractivity contribution < 1.29 is 4.39 Å². The molecule has 0 aliphatic heterocycles. The molecule has 0 saturated carbocycles. The number of benzene rings is 1. The van der Waals surface area contributed by atoms with Crippen molar-refractivity contribution in [1.82, 2.24) is 9.97 Å². The number of aromatic nitrogens is 2. The summed E-state index contributed by atoms with van der Waals surface area (Å²) in [6, 6.07) is 6.02. The minimum atomic E-state index is -0.553. The molecule has 0 saturated heterocycles. The SMILES string of the molecule is [C-]#[N+]c1c(SC)nc(-c2ccccc2F)[nH]c1=O. The molecule has 0 aliphatic carbocycles. The van der Waals surface area contributed by atoms with Crippen LogP contribution in [0.1, 0.15) is 0 Å². The number of nitrogens with one attached hydrogen (secondary N) is 1. The molecular weight excluding hydrogens is 253 g/mol. The van der Waals surface area contributed by atoms with Crippen LogP contribution in [0.4, 0.5) is 10.1 Å². The molecule has 1 aromatic carbocycles. The molecule has 1 heterocycles. The van der Waals surface area contributed by atoms with Crippen LogP contribution in [0.15, 0.2) is 34.1 Å².